The fraction of sp³-hybridized carbons (Fsp3) is 0.227. The number of benzene rings is 2. The van der Waals surface area contributed by atoms with E-state index in [1.165, 1.54) is 0 Å². The van der Waals surface area contributed by atoms with E-state index in [1.54, 1.807) is 11.0 Å². The number of hydrogen-bond donors (Lipinski definition) is 0. The Hall–Kier alpha value is -3.21. The van der Waals surface area contributed by atoms with Gasteiger partial charge in [0.1, 0.15) is 0 Å². The molecule has 0 fully saturated rings. The second-order valence-electron chi connectivity index (χ2n) is 6.85. The average molecular weight is 360 g/mol. The van der Waals surface area contributed by atoms with Crippen molar-refractivity contribution in [3.05, 3.63) is 71.4 Å². The number of fused-ring (bicyclic) bond motifs is 2. The number of para-hydroxylation sites is 2. The van der Waals surface area contributed by atoms with Crippen LogP contribution in [0.25, 0.3) is 10.9 Å². The Morgan fingerprint density at radius 2 is 1.89 bits per heavy atom. The van der Waals surface area contributed by atoms with Gasteiger partial charge in [0.05, 0.1) is 11.1 Å². The summed E-state index contributed by atoms with van der Waals surface area (Å²) in [5.74, 6) is -0.721. The summed E-state index contributed by atoms with van der Waals surface area (Å²) in [4.78, 5) is 31.5. The lowest BCUT2D eigenvalue weighted by atomic mass is 10.1. The van der Waals surface area contributed by atoms with Gasteiger partial charge in [-0.05, 0) is 44.0 Å². The SMILES string of the molecule is Cc1cc(C(=O)OCC(=O)N2c3ccccc3C[C@H]2C)c2ccccc2n1. The summed E-state index contributed by atoms with van der Waals surface area (Å²) in [7, 11) is 0. The van der Waals surface area contributed by atoms with Gasteiger partial charge in [-0.2, -0.15) is 0 Å². The summed E-state index contributed by atoms with van der Waals surface area (Å²) < 4.78 is 5.37. The minimum absolute atomic E-state index is 0.0533. The van der Waals surface area contributed by atoms with Gasteiger partial charge in [-0.1, -0.05) is 36.4 Å². The van der Waals surface area contributed by atoms with Crippen LogP contribution in [0, 0.1) is 6.92 Å². The topological polar surface area (TPSA) is 59.5 Å². The molecule has 0 bridgehead atoms. The molecule has 2 heterocycles. The molecule has 5 heteroatoms. The Morgan fingerprint density at radius 1 is 1.15 bits per heavy atom. The fourth-order valence-electron chi connectivity index (χ4n) is 3.70. The van der Waals surface area contributed by atoms with E-state index in [0.717, 1.165) is 34.3 Å². The maximum absolute atomic E-state index is 12.7. The maximum atomic E-state index is 12.7. The van der Waals surface area contributed by atoms with Crippen LogP contribution in [0.3, 0.4) is 0 Å². The predicted octanol–water partition coefficient (Wildman–Crippen LogP) is 3.68. The highest BCUT2D eigenvalue weighted by molar-refractivity contribution is 6.05. The van der Waals surface area contributed by atoms with Gasteiger partial charge in [0.15, 0.2) is 6.61 Å². The Morgan fingerprint density at radius 3 is 2.74 bits per heavy atom. The molecule has 3 aromatic rings. The fourth-order valence-corrected chi connectivity index (χ4v) is 3.70. The molecule has 1 aliphatic heterocycles. The molecule has 0 radical (unpaired) electrons. The van der Waals surface area contributed by atoms with Crippen LogP contribution in [0.2, 0.25) is 0 Å². The maximum Gasteiger partial charge on any atom is 0.339 e. The number of carbonyl (C=O) groups excluding carboxylic acids is 2. The van der Waals surface area contributed by atoms with Crippen molar-refractivity contribution in [3.63, 3.8) is 0 Å². The molecule has 0 N–H and O–H groups in total. The molecule has 0 spiro atoms. The first kappa shape index (κ1) is 17.2. The number of amides is 1. The third kappa shape index (κ3) is 3.16. The number of aromatic nitrogens is 1. The molecule has 4 rings (SSSR count). The van der Waals surface area contributed by atoms with Crippen LogP contribution in [-0.2, 0) is 16.0 Å². The Labute approximate surface area is 157 Å². The van der Waals surface area contributed by atoms with E-state index in [0.29, 0.717) is 5.56 Å². The van der Waals surface area contributed by atoms with Crippen molar-refractivity contribution in [2.75, 3.05) is 11.5 Å². The van der Waals surface area contributed by atoms with Crippen molar-refractivity contribution >= 4 is 28.5 Å². The summed E-state index contributed by atoms with van der Waals surface area (Å²) in [6.07, 6.45) is 0.810. The van der Waals surface area contributed by atoms with Crippen molar-refractivity contribution in [2.24, 2.45) is 0 Å². The van der Waals surface area contributed by atoms with Crippen molar-refractivity contribution in [3.8, 4) is 0 Å². The van der Waals surface area contributed by atoms with E-state index < -0.39 is 5.97 Å². The van der Waals surface area contributed by atoms with Gasteiger partial charge in [0, 0.05) is 22.8 Å². The first-order valence-corrected chi connectivity index (χ1v) is 8.98. The summed E-state index contributed by atoms with van der Waals surface area (Å²) in [6, 6.07) is 17.0. The molecule has 1 aliphatic rings. The minimum Gasteiger partial charge on any atom is -0.452 e. The van der Waals surface area contributed by atoms with Crippen LogP contribution in [0.15, 0.2) is 54.6 Å². The molecular formula is C22H20N2O3. The molecule has 5 nitrogen and oxygen atoms in total. The summed E-state index contributed by atoms with van der Waals surface area (Å²) >= 11 is 0. The number of ether oxygens (including phenoxy) is 1. The van der Waals surface area contributed by atoms with Crippen LogP contribution < -0.4 is 4.90 Å². The predicted molar refractivity (Wildman–Crippen MR) is 104 cm³/mol. The quantitative estimate of drug-likeness (QED) is 0.669. The van der Waals surface area contributed by atoms with Crippen LogP contribution >= 0.6 is 0 Å². The number of anilines is 1. The summed E-state index contributed by atoms with van der Waals surface area (Å²) in [6.45, 7) is 3.55. The molecule has 136 valence electrons. The number of hydrogen-bond acceptors (Lipinski definition) is 4. The Bertz CT molecular complexity index is 1040. The number of esters is 1. The van der Waals surface area contributed by atoms with Crippen molar-refractivity contribution in [2.45, 2.75) is 26.3 Å². The van der Waals surface area contributed by atoms with Gasteiger partial charge in [0.25, 0.3) is 5.91 Å². The summed E-state index contributed by atoms with van der Waals surface area (Å²) in [5, 5.41) is 0.723. The largest absolute Gasteiger partial charge is 0.452 e. The average Bonchev–Trinajstić information content (AvgIpc) is 3.00. The van der Waals surface area contributed by atoms with E-state index >= 15 is 0 Å². The highest BCUT2D eigenvalue weighted by Gasteiger charge is 2.31. The minimum atomic E-state index is -0.509. The first-order valence-electron chi connectivity index (χ1n) is 8.98. The van der Waals surface area contributed by atoms with Crippen LogP contribution in [-0.4, -0.2) is 29.5 Å². The van der Waals surface area contributed by atoms with E-state index in [2.05, 4.69) is 4.98 Å². The second-order valence-corrected chi connectivity index (χ2v) is 6.85. The lowest BCUT2D eigenvalue weighted by Crippen LogP contribution is -2.38. The molecule has 1 atom stereocenters. The molecule has 27 heavy (non-hydrogen) atoms. The number of pyridine rings is 1. The number of nitrogens with zero attached hydrogens (tertiary/aromatic N) is 2. The summed E-state index contributed by atoms with van der Waals surface area (Å²) in [5.41, 5.74) is 3.93. The van der Waals surface area contributed by atoms with E-state index in [9.17, 15) is 9.59 Å². The lowest BCUT2D eigenvalue weighted by Gasteiger charge is -2.22. The van der Waals surface area contributed by atoms with Gasteiger partial charge in [-0.25, -0.2) is 4.79 Å². The molecule has 0 saturated carbocycles. The van der Waals surface area contributed by atoms with Gasteiger partial charge in [-0.3, -0.25) is 9.78 Å². The normalized spacial score (nSPS) is 15.6. The van der Waals surface area contributed by atoms with Crippen molar-refractivity contribution in [1.29, 1.82) is 0 Å². The Balaban J connectivity index is 1.53. The molecule has 2 aromatic carbocycles. The van der Waals surface area contributed by atoms with Gasteiger partial charge in [-0.15, -0.1) is 0 Å². The standard InChI is InChI=1S/C22H20N2O3/c1-14-11-18(17-8-4-5-9-19(17)23-14)22(26)27-13-21(25)24-15(2)12-16-7-3-6-10-20(16)24/h3-11,15H,12-13H2,1-2H3/t15-/m1/s1. The zero-order valence-corrected chi connectivity index (χ0v) is 15.3. The second kappa shape index (κ2) is 6.83. The van der Waals surface area contributed by atoms with E-state index in [1.807, 2.05) is 62.4 Å². The molecule has 1 amide bonds. The third-order valence-electron chi connectivity index (χ3n) is 4.87. The highest BCUT2D eigenvalue weighted by atomic mass is 16.5. The molecule has 0 unspecified atom stereocenters. The van der Waals surface area contributed by atoms with Crippen LogP contribution in [0.5, 0.6) is 0 Å². The molecular weight excluding hydrogens is 340 g/mol. The Kier molecular flexibility index (Phi) is 4.36. The zero-order chi connectivity index (χ0) is 19.0. The van der Waals surface area contributed by atoms with Crippen LogP contribution in [0.4, 0.5) is 5.69 Å². The van der Waals surface area contributed by atoms with Crippen molar-refractivity contribution < 1.29 is 14.3 Å². The molecule has 0 saturated heterocycles. The number of rotatable bonds is 3. The molecule has 1 aromatic heterocycles. The number of carbonyl (C=O) groups is 2. The monoisotopic (exact) mass is 360 g/mol. The van der Waals surface area contributed by atoms with E-state index in [4.69, 9.17) is 4.74 Å². The smallest absolute Gasteiger partial charge is 0.339 e. The van der Waals surface area contributed by atoms with E-state index in [-0.39, 0.29) is 18.6 Å². The van der Waals surface area contributed by atoms with Crippen LogP contribution in [0.1, 0.15) is 28.5 Å². The van der Waals surface area contributed by atoms with Gasteiger partial charge in [0.2, 0.25) is 0 Å². The third-order valence-corrected chi connectivity index (χ3v) is 4.87. The number of aryl methyl sites for hydroxylation is 1. The molecule has 0 aliphatic carbocycles. The first-order chi connectivity index (χ1) is 13.0. The van der Waals surface area contributed by atoms with Gasteiger partial charge >= 0.3 is 5.97 Å². The zero-order valence-electron chi connectivity index (χ0n) is 15.3. The lowest BCUT2D eigenvalue weighted by molar-refractivity contribution is -0.122. The van der Waals surface area contributed by atoms with Gasteiger partial charge < -0.3 is 9.64 Å². The van der Waals surface area contributed by atoms with Crippen molar-refractivity contribution in [1.82, 2.24) is 4.98 Å². The highest BCUT2D eigenvalue weighted by Crippen LogP contribution is 2.31.